The lowest BCUT2D eigenvalue weighted by molar-refractivity contribution is -0.151. The van der Waals surface area contributed by atoms with Crippen LogP contribution in [0.25, 0.3) is 0 Å². The minimum atomic E-state index is -0.805. The van der Waals surface area contributed by atoms with Crippen LogP contribution in [0.4, 0.5) is 0 Å². The van der Waals surface area contributed by atoms with E-state index in [2.05, 4.69) is 99.0 Å². The number of aliphatic hydroxyl groups is 2. The SMILES string of the molecule is CCCCC/C=C/C=C/C=C/C=C/CCCCCCCC(=O)OC(CCC/C=C/C=C/CCCCCCCCC)CC(=O)NC(CO)C(O)CCCCCCCCCCCC. The molecule has 0 aliphatic heterocycles. The van der Waals surface area contributed by atoms with E-state index in [1.54, 1.807) is 0 Å². The fourth-order valence-electron chi connectivity index (χ4n) is 7.44. The third-order valence-electron chi connectivity index (χ3n) is 11.4. The molecule has 3 N–H and O–H groups in total. The number of esters is 1. The molecule has 0 aromatic heterocycles. The molecule has 0 aromatic carbocycles. The van der Waals surface area contributed by atoms with E-state index in [9.17, 15) is 19.8 Å². The normalized spacial score (nSPS) is 13.9. The minimum Gasteiger partial charge on any atom is -0.462 e. The number of unbranched alkanes of at least 4 members (excludes halogenated alkanes) is 25. The Labute approximate surface area is 377 Å². The second kappa shape index (κ2) is 48.3. The standard InChI is InChI=1S/C55H97NO5/c1-4-7-10-13-16-19-22-24-26-27-28-29-31-33-36-39-42-45-48-55(60)61-51(46-43-40-37-34-32-30-25-23-20-17-14-11-8-5-2)49-54(59)56-52(50-57)53(58)47-44-41-38-35-21-18-15-12-9-6-3/h16,19,22,24,26-30,32,34,37,51-53,57-58H,4-15,17-18,20-21,23,25,31,33,35-36,38-50H2,1-3H3,(H,56,59)/b19-16+,24-22+,27-26+,29-28+,32-30+,37-34+. The first-order chi connectivity index (χ1) is 30.0. The Balaban J connectivity index is 4.70. The largest absolute Gasteiger partial charge is 0.462 e. The first-order valence-electron chi connectivity index (χ1n) is 25.7. The second-order valence-electron chi connectivity index (χ2n) is 17.3. The zero-order valence-corrected chi connectivity index (χ0v) is 40.0. The Morgan fingerprint density at radius 1 is 0.475 bits per heavy atom. The molecule has 6 heteroatoms. The average molecular weight is 852 g/mol. The van der Waals surface area contributed by atoms with E-state index in [1.807, 2.05) is 0 Å². The number of rotatable bonds is 45. The maximum Gasteiger partial charge on any atom is 0.306 e. The van der Waals surface area contributed by atoms with Gasteiger partial charge in [0.25, 0.3) is 0 Å². The molecule has 0 spiro atoms. The Morgan fingerprint density at radius 2 is 0.852 bits per heavy atom. The summed E-state index contributed by atoms with van der Waals surface area (Å²) in [5, 5.41) is 23.7. The maximum atomic E-state index is 13.2. The van der Waals surface area contributed by atoms with Crippen molar-refractivity contribution in [2.24, 2.45) is 0 Å². The molecule has 3 atom stereocenters. The molecule has 0 aromatic rings. The third kappa shape index (κ3) is 43.7. The lowest BCUT2D eigenvalue weighted by atomic mass is 10.0. The van der Waals surface area contributed by atoms with E-state index in [4.69, 9.17) is 4.74 Å². The molecule has 0 saturated carbocycles. The summed E-state index contributed by atoms with van der Waals surface area (Å²) in [7, 11) is 0. The third-order valence-corrected chi connectivity index (χ3v) is 11.4. The first kappa shape index (κ1) is 58.3. The number of aliphatic hydroxyl groups excluding tert-OH is 2. The average Bonchev–Trinajstić information content (AvgIpc) is 3.25. The summed E-state index contributed by atoms with van der Waals surface area (Å²) < 4.78 is 5.90. The summed E-state index contributed by atoms with van der Waals surface area (Å²) in [6.07, 6.45) is 61.0. The number of amides is 1. The fraction of sp³-hybridized carbons (Fsp3) is 0.745. The van der Waals surface area contributed by atoms with E-state index >= 15 is 0 Å². The summed E-state index contributed by atoms with van der Waals surface area (Å²) in [6, 6.07) is -0.723. The van der Waals surface area contributed by atoms with E-state index in [1.165, 1.54) is 109 Å². The quantitative estimate of drug-likeness (QED) is 0.0322. The van der Waals surface area contributed by atoms with Gasteiger partial charge in [0.2, 0.25) is 5.91 Å². The van der Waals surface area contributed by atoms with Gasteiger partial charge < -0.3 is 20.3 Å². The molecule has 61 heavy (non-hydrogen) atoms. The Morgan fingerprint density at radius 3 is 1.34 bits per heavy atom. The van der Waals surface area contributed by atoms with Gasteiger partial charge >= 0.3 is 5.97 Å². The highest BCUT2D eigenvalue weighted by molar-refractivity contribution is 5.77. The van der Waals surface area contributed by atoms with Crippen LogP contribution in [0, 0.1) is 0 Å². The van der Waals surface area contributed by atoms with Crippen molar-refractivity contribution in [3.8, 4) is 0 Å². The van der Waals surface area contributed by atoms with Crippen LogP contribution in [-0.4, -0.2) is 46.9 Å². The number of carbonyl (C=O) groups excluding carboxylic acids is 2. The molecule has 0 aliphatic carbocycles. The highest BCUT2D eigenvalue weighted by Crippen LogP contribution is 2.16. The summed E-state index contributed by atoms with van der Waals surface area (Å²) in [5.74, 6) is -0.550. The Bertz CT molecular complexity index is 1140. The van der Waals surface area contributed by atoms with Crippen LogP contribution in [0.2, 0.25) is 0 Å². The van der Waals surface area contributed by atoms with Gasteiger partial charge in [-0.15, -0.1) is 0 Å². The molecule has 1 amide bonds. The molecule has 3 unspecified atom stereocenters. The smallest absolute Gasteiger partial charge is 0.306 e. The van der Waals surface area contributed by atoms with Gasteiger partial charge in [-0.1, -0.05) is 229 Å². The fourth-order valence-corrected chi connectivity index (χ4v) is 7.44. The van der Waals surface area contributed by atoms with Crippen molar-refractivity contribution >= 4 is 11.9 Å². The molecule has 0 saturated heterocycles. The van der Waals surface area contributed by atoms with Gasteiger partial charge in [-0.3, -0.25) is 9.59 Å². The lowest BCUT2D eigenvalue weighted by Gasteiger charge is -2.24. The summed E-state index contributed by atoms with van der Waals surface area (Å²) >= 11 is 0. The molecule has 0 bridgehead atoms. The molecule has 0 radical (unpaired) electrons. The summed E-state index contributed by atoms with van der Waals surface area (Å²) in [5.41, 5.74) is 0. The van der Waals surface area contributed by atoms with Gasteiger partial charge in [0, 0.05) is 6.42 Å². The highest BCUT2D eigenvalue weighted by atomic mass is 16.5. The van der Waals surface area contributed by atoms with Crippen molar-refractivity contribution in [1.29, 1.82) is 0 Å². The van der Waals surface area contributed by atoms with Crippen LogP contribution in [0.15, 0.2) is 72.9 Å². The first-order valence-corrected chi connectivity index (χ1v) is 25.7. The van der Waals surface area contributed by atoms with Gasteiger partial charge in [0.1, 0.15) is 6.10 Å². The number of hydrogen-bond acceptors (Lipinski definition) is 5. The minimum absolute atomic E-state index is 0.0322. The van der Waals surface area contributed by atoms with E-state index in [0.717, 1.165) is 83.5 Å². The Kier molecular flexibility index (Phi) is 46.2. The van der Waals surface area contributed by atoms with Gasteiger partial charge in [0.05, 0.1) is 25.2 Å². The molecule has 0 rings (SSSR count). The molecule has 0 heterocycles. The van der Waals surface area contributed by atoms with Crippen LogP contribution in [0.3, 0.4) is 0 Å². The van der Waals surface area contributed by atoms with Crippen molar-refractivity contribution in [2.75, 3.05) is 6.61 Å². The van der Waals surface area contributed by atoms with Gasteiger partial charge in [-0.25, -0.2) is 0 Å². The predicted octanol–water partition coefficient (Wildman–Crippen LogP) is 15.4. The summed E-state index contributed by atoms with van der Waals surface area (Å²) in [4.78, 5) is 26.1. The van der Waals surface area contributed by atoms with Crippen molar-refractivity contribution in [2.45, 2.75) is 257 Å². The van der Waals surface area contributed by atoms with Crippen LogP contribution in [0.1, 0.15) is 239 Å². The number of allylic oxidation sites excluding steroid dienone is 12. The molecule has 0 aliphatic rings. The topological polar surface area (TPSA) is 95.9 Å². The number of ether oxygens (including phenoxy) is 1. The van der Waals surface area contributed by atoms with Crippen LogP contribution < -0.4 is 5.32 Å². The molecular weight excluding hydrogens is 755 g/mol. The van der Waals surface area contributed by atoms with Crippen LogP contribution in [0.5, 0.6) is 0 Å². The van der Waals surface area contributed by atoms with Crippen molar-refractivity contribution in [3.63, 3.8) is 0 Å². The second-order valence-corrected chi connectivity index (χ2v) is 17.3. The highest BCUT2D eigenvalue weighted by Gasteiger charge is 2.24. The summed E-state index contributed by atoms with van der Waals surface area (Å²) in [6.45, 7) is 6.40. The van der Waals surface area contributed by atoms with E-state index in [0.29, 0.717) is 19.3 Å². The lowest BCUT2D eigenvalue weighted by Crippen LogP contribution is -2.46. The van der Waals surface area contributed by atoms with Crippen molar-refractivity contribution in [1.82, 2.24) is 5.32 Å². The zero-order valence-electron chi connectivity index (χ0n) is 40.0. The van der Waals surface area contributed by atoms with Crippen molar-refractivity contribution < 1.29 is 24.5 Å². The monoisotopic (exact) mass is 852 g/mol. The van der Waals surface area contributed by atoms with E-state index in [-0.39, 0.29) is 24.9 Å². The van der Waals surface area contributed by atoms with Crippen molar-refractivity contribution in [3.05, 3.63) is 72.9 Å². The van der Waals surface area contributed by atoms with Crippen LogP contribution in [-0.2, 0) is 14.3 Å². The Hall–Kier alpha value is -2.70. The number of carbonyl (C=O) groups is 2. The van der Waals surface area contributed by atoms with Gasteiger partial charge in [-0.05, 0) is 70.6 Å². The van der Waals surface area contributed by atoms with Gasteiger partial charge in [-0.2, -0.15) is 0 Å². The molecular formula is C55H97NO5. The molecule has 0 fully saturated rings. The number of hydrogen-bond donors (Lipinski definition) is 3. The maximum absolute atomic E-state index is 13.2. The number of nitrogens with one attached hydrogen (secondary N) is 1. The molecule has 352 valence electrons. The van der Waals surface area contributed by atoms with Gasteiger partial charge in [0.15, 0.2) is 0 Å². The van der Waals surface area contributed by atoms with E-state index < -0.39 is 18.2 Å². The molecule has 6 nitrogen and oxygen atoms in total. The zero-order chi connectivity index (χ0) is 44.5. The predicted molar refractivity (Wildman–Crippen MR) is 264 cm³/mol. The van der Waals surface area contributed by atoms with Crippen LogP contribution >= 0.6 is 0 Å².